The molecule has 0 bridgehead atoms. The number of hydrogen-bond donors (Lipinski definition) is 1. The number of hydrogen-bond acceptors (Lipinski definition) is 3. The monoisotopic (exact) mass is 631 g/mol. The van der Waals surface area contributed by atoms with Crippen LogP contribution in [0.3, 0.4) is 0 Å². The van der Waals surface area contributed by atoms with Crippen molar-refractivity contribution >= 4 is 35.0 Å². The first kappa shape index (κ1) is 31.4. The van der Waals surface area contributed by atoms with Crippen LogP contribution in [0.25, 0.3) is 0 Å². The van der Waals surface area contributed by atoms with Gasteiger partial charge in [0.1, 0.15) is 6.04 Å². The molecular weight excluding hydrogens is 598 g/mol. The molecule has 3 aromatic carbocycles. The maximum Gasteiger partial charge on any atom is 0.416 e. The third kappa shape index (κ3) is 7.36. The van der Waals surface area contributed by atoms with Crippen LogP contribution in [0.1, 0.15) is 47.9 Å². The first-order valence-electron chi connectivity index (χ1n) is 14.4. The maximum atomic E-state index is 14.0. The average Bonchev–Trinajstić information content (AvgIpc) is 3.79. The highest BCUT2D eigenvalue weighted by Gasteiger charge is 2.53. The summed E-state index contributed by atoms with van der Waals surface area (Å²) in [6.45, 7) is 2.49. The largest absolute Gasteiger partial charge is 0.416 e. The van der Waals surface area contributed by atoms with Gasteiger partial charge in [-0.15, -0.1) is 0 Å². The second-order valence-corrected chi connectivity index (χ2v) is 12.4. The molecule has 10 heteroatoms. The van der Waals surface area contributed by atoms with Gasteiger partial charge in [-0.1, -0.05) is 71.7 Å². The van der Waals surface area contributed by atoms with Crippen LogP contribution in [0, 0.1) is 0 Å². The first-order chi connectivity index (χ1) is 20.5. The number of amides is 2. The number of likely N-dealkylation sites (tertiary alicyclic amines) is 1. The molecule has 0 spiro atoms. The molecule has 2 amide bonds. The molecule has 5 nitrogen and oxygen atoms in total. The van der Waals surface area contributed by atoms with Gasteiger partial charge in [0.15, 0.2) is 0 Å². The number of carbonyl (C=O) groups excluding carboxylic acids is 2. The molecule has 2 aliphatic rings. The summed E-state index contributed by atoms with van der Waals surface area (Å²) >= 11 is 12.5. The lowest BCUT2D eigenvalue weighted by Crippen LogP contribution is -2.54. The van der Waals surface area contributed by atoms with Crippen molar-refractivity contribution in [3.63, 3.8) is 0 Å². The average molecular weight is 633 g/mol. The topological polar surface area (TPSA) is 52.7 Å². The standard InChI is InChI=1S/C33H34Cl2F3N3O2/c1-40(26-13-17-41(18-14-26)21-23-5-3-2-4-6-23)30(42)29(19-22-7-9-24(10-8-22)33(36,37)38)39-31(43)32(15-16-32)27-12-11-25(34)20-28(27)35/h2-12,20,26,29H,13-19,21H2,1H3,(H,39,43). The molecule has 5 rings (SSSR count). The van der Waals surface area contributed by atoms with E-state index >= 15 is 0 Å². The van der Waals surface area contributed by atoms with Crippen LogP contribution >= 0.6 is 23.2 Å². The van der Waals surface area contributed by atoms with Gasteiger partial charge in [0.05, 0.1) is 11.0 Å². The molecule has 1 N–H and O–H groups in total. The van der Waals surface area contributed by atoms with Gasteiger partial charge in [-0.05, 0) is 66.6 Å². The Labute approximate surface area is 260 Å². The van der Waals surface area contributed by atoms with Gasteiger partial charge in [0.2, 0.25) is 11.8 Å². The Morgan fingerprint density at radius 3 is 2.21 bits per heavy atom. The molecule has 3 aromatic rings. The smallest absolute Gasteiger partial charge is 0.343 e. The van der Waals surface area contributed by atoms with Crippen LogP contribution in [0.5, 0.6) is 0 Å². The zero-order valence-corrected chi connectivity index (χ0v) is 25.4. The molecule has 1 heterocycles. The minimum Gasteiger partial charge on any atom is -0.343 e. The minimum absolute atomic E-state index is 0.0212. The SMILES string of the molecule is CN(C(=O)C(Cc1ccc(C(F)(F)F)cc1)NC(=O)C1(c2ccc(Cl)cc2Cl)CC1)C1CCN(Cc2ccccc2)CC1. The molecule has 1 unspecified atom stereocenters. The van der Waals surface area contributed by atoms with Crippen molar-refractivity contribution < 1.29 is 22.8 Å². The molecule has 1 atom stereocenters. The Kier molecular flexibility index (Phi) is 9.40. The molecular formula is C33H34Cl2F3N3O2. The van der Waals surface area contributed by atoms with Crippen molar-refractivity contribution in [3.05, 3.63) is 105 Å². The van der Waals surface area contributed by atoms with Gasteiger partial charge in [-0.3, -0.25) is 14.5 Å². The predicted molar refractivity (Wildman–Crippen MR) is 162 cm³/mol. The quantitative estimate of drug-likeness (QED) is 0.280. The van der Waals surface area contributed by atoms with E-state index in [0.717, 1.165) is 44.6 Å². The molecule has 1 saturated carbocycles. The van der Waals surface area contributed by atoms with Crippen molar-refractivity contribution in [1.29, 1.82) is 0 Å². The number of benzene rings is 3. The summed E-state index contributed by atoms with van der Waals surface area (Å²) in [6.07, 6.45) is -1.72. The molecule has 2 fully saturated rings. The van der Waals surface area contributed by atoms with Crippen molar-refractivity contribution in [2.45, 2.75) is 62.3 Å². The number of likely N-dealkylation sites (N-methyl/N-ethyl adjacent to an activating group) is 1. The van der Waals surface area contributed by atoms with Crippen LogP contribution in [-0.4, -0.2) is 53.8 Å². The molecule has 228 valence electrons. The van der Waals surface area contributed by atoms with E-state index in [2.05, 4.69) is 22.3 Å². The highest BCUT2D eigenvalue weighted by molar-refractivity contribution is 6.35. The third-order valence-electron chi connectivity index (χ3n) is 8.66. The van der Waals surface area contributed by atoms with Crippen LogP contribution in [0.4, 0.5) is 13.2 Å². The Bertz CT molecular complexity index is 1440. The Morgan fingerprint density at radius 2 is 1.63 bits per heavy atom. The fourth-order valence-electron chi connectivity index (χ4n) is 5.92. The van der Waals surface area contributed by atoms with Gasteiger partial charge >= 0.3 is 6.18 Å². The van der Waals surface area contributed by atoms with E-state index < -0.39 is 23.2 Å². The number of nitrogens with zero attached hydrogens (tertiary/aromatic N) is 2. The second-order valence-electron chi connectivity index (χ2n) is 11.6. The van der Waals surface area contributed by atoms with Crippen LogP contribution < -0.4 is 5.32 Å². The molecule has 1 aliphatic carbocycles. The number of piperidine rings is 1. The molecule has 0 radical (unpaired) electrons. The number of alkyl halides is 3. The molecule has 1 aliphatic heterocycles. The van der Waals surface area contributed by atoms with E-state index in [-0.39, 0.29) is 24.3 Å². The van der Waals surface area contributed by atoms with Crippen molar-refractivity contribution in [2.24, 2.45) is 0 Å². The number of nitrogens with one attached hydrogen (secondary N) is 1. The third-order valence-corrected chi connectivity index (χ3v) is 9.21. The lowest BCUT2D eigenvalue weighted by molar-refractivity contribution is -0.138. The zero-order valence-electron chi connectivity index (χ0n) is 23.8. The summed E-state index contributed by atoms with van der Waals surface area (Å²) in [7, 11) is 1.74. The highest BCUT2D eigenvalue weighted by Crippen LogP contribution is 2.51. The predicted octanol–water partition coefficient (Wildman–Crippen LogP) is 6.89. The zero-order chi connectivity index (χ0) is 30.8. The maximum absolute atomic E-state index is 14.0. The van der Waals surface area contributed by atoms with E-state index in [9.17, 15) is 22.8 Å². The summed E-state index contributed by atoms with van der Waals surface area (Å²) in [6, 6.07) is 19.0. The van der Waals surface area contributed by atoms with Gasteiger partial charge in [-0.2, -0.15) is 13.2 Å². The summed E-state index contributed by atoms with van der Waals surface area (Å²) in [5, 5.41) is 3.80. The first-order valence-corrected chi connectivity index (χ1v) is 15.2. The number of rotatable bonds is 9. The lowest BCUT2D eigenvalue weighted by atomic mass is 9.93. The summed E-state index contributed by atoms with van der Waals surface area (Å²) in [5.41, 5.74) is 0.765. The fraction of sp³-hybridized carbons (Fsp3) is 0.394. The molecule has 1 saturated heterocycles. The number of halogens is 5. The Hall–Kier alpha value is -3.07. The van der Waals surface area contributed by atoms with Crippen LogP contribution in [-0.2, 0) is 34.1 Å². The van der Waals surface area contributed by atoms with Gasteiger partial charge < -0.3 is 10.2 Å². The summed E-state index contributed by atoms with van der Waals surface area (Å²) in [4.78, 5) is 31.8. The fourth-order valence-corrected chi connectivity index (χ4v) is 6.50. The van der Waals surface area contributed by atoms with Crippen molar-refractivity contribution in [3.8, 4) is 0 Å². The van der Waals surface area contributed by atoms with E-state index in [0.29, 0.717) is 34.0 Å². The van der Waals surface area contributed by atoms with Crippen LogP contribution in [0.15, 0.2) is 72.8 Å². The van der Waals surface area contributed by atoms with E-state index in [4.69, 9.17) is 23.2 Å². The number of carbonyl (C=O) groups is 2. The Balaban J connectivity index is 1.31. The van der Waals surface area contributed by atoms with Crippen molar-refractivity contribution in [1.82, 2.24) is 15.1 Å². The van der Waals surface area contributed by atoms with Gasteiger partial charge in [0, 0.05) is 49.2 Å². The van der Waals surface area contributed by atoms with Crippen LogP contribution in [0.2, 0.25) is 10.0 Å². The van der Waals surface area contributed by atoms with E-state index in [1.165, 1.54) is 17.7 Å². The summed E-state index contributed by atoms with van der Waals surface area (Å²) in [5.74, 6) is -0.596. The van der Waals surface area contributed by atoms with Gasteiger partial charge in [0.25, 0.3) is 0 Å². The molecule has 43 heavy (non-hydrogen) atoms. The van der Waals surface area contributed by atoms with E-state index in [1.807, 2.05) is 18.2 Å². The van der Waals surface area contributed by atoms with E-state index in [1.54, 1.807) is 30.1 Å². The lowest BCUT2D eigenvalue weighted by Gasteiger charge is -2.38. The molecule has 0 aromatic heterocycles. The minimum atomic E-state index is -4.46. The highest BCUT2D eigenvalue weighted by atomic mass is 35.5. The summed E-state index contributed by atoms with van der Waals surface area (Å²) < 4.78 is 39.5. The Morgan fingerprint density at radius 1 is 0.977 bits per heavy atom. The van der Waals surface area contributed by atoms with Crippen molar-refractivity contribution in [2.75, 3.05) is 20.1 Å². The normalized spacial score (nSPS) is 17.7. The van der Waals surface area contributed by atoms with Gasteiger partial charge in [-0.25, -0.2) is 0 Å². The second kappa shape index (κ2) is 12.9.